The lowest BCUT2D eigenvalue weighted by molar-refractivity contribution is -0.319. The lowest BCUT2D eigenvalue weighted by Gasteiger charge is -2.65. The Balaban J connectivity index is 0.00000180. The van der Waals surface area contributed by atoms with E-state index in [1.165, 1.54) is 19.4 Å². The second kappa shape index (κ2) is 11.9. The Hall–Kier alpha value is -1.70. The maximum atomic E-state index is 13.0. The zero-order valence-corrected chi connectivity index (χ0v) is 25.6. The lowest BCUT2D eigenvalue weighted by Crippen LogP contribution is -2.69. The van der Waals surface area contributed by atoms with Crippen molar-refractivity contribution >= 4 is 6.29 Å². The minimum absolute atomic E-state index is 0.0345. The van der Waals surface area contributed by atoms with Crippen LogP contribution in [0, 0.1) is 22.7 Å². The Labute approximate surface area is 252 Å². The lowest BCUT2D eigenvalue weighted by atomic mass is 9.41. The van der Waals surface area contributed by atoms with Crippen molar-refractivity contribution in [3.63, 3.8) is 0 Å². The number of hydrogen-bond acceptors (Lipinski definition) is 11. The predicted molar refractivity (Wildman–Crippen MR) is 153 cm³/mol. The van der Waals surface area contributed by atoms with Crippen molar-refractivity contribution in [2.75, 3.05) is 14.2 Å². The summed E-state index contributed by atoms with van der Waals surface area (Å²) in [5.74, 6) is -0.284. The highest BCUT2D eigenvalue weighted by Gasteiger charge is 2.71. The topological polar surface area (TPSA) is 176 Å². The van der Waals surface area contributed by atoms with Gasteiger partial charge in [-0.2, -0.15) is 0 Å². The van der Waals surface area contributed by atoms with Gasteiger partial charge in [0.05, 0.1) is 35.1 Å². The van der Waals surface area contributed by atoms with Gasteiger partial charge in [-0.05, 0) is 87.7 Å². The van der Waals surface area contributed by atoms with Crippen LogP contribution in [0.5, 0.6) is 0 Å². The number of aliphatic hydroxyl groups is 5. The third kappa shape index (κ3) is 4.86. The minimum Gasteiger partial charge on any atom is -0.431 e. The fraction of sp³-hybridized carbons (Fsp3) is 0.812. The first-order valence-corrected chi connectivity index (χ1v) is 15.6. The van der Waals surface area contributed by atoms with Crippen molar-refractivity contribution in [2.24, 2.45) is 22.7 Å². The van der Waals surface area contributed by atoms with Crippen LogP contribution in [0.4, 0.5) is 0 Å². The van der Waals surface area contributed by atoms with Crippen LogP contribution in [0.25, 0.3) is 0 Å². The fourth-order valence-electron chi connectivity index (χ4n) is 9.99. The van der Waals surface area contributed by atoms with Gasteiger partial charge in [-0.25, -0.2) is 4.79 Å². The Bertz CT molecular complexity index is 1190. The van der Waals surface area contributed by atoms with Gasteiger partial charge in [-0.3, -0.25) is 0 Å². The van der Waals surface area contributed by atoms with Crippen LogP contribution < -0.4 is 5.63 Å². The van der Waals surface area contributed by atoms with Crippen LogP contribution in [-0.2, 0) is 19.0 Å². The molecule has 0 amide bonds. The quantitative estimate of drug-likeness (QED) is 0.243. The zero-order valence-electron chi connectivity index (χ0n) is 25.6. The van der Waals surface area contributed by atoms with Gasteiger partial charge >= 0.3 is 5.63 Å². The predicted octanol–water partition coefficient (Wildman–Crippen LogP) is 1.65. The summed E-state index contributed by atoms with van der Waals surface area (Å²) in [7, 11) is 2.45. The third-order valence-corrected chi connectivity index (χ3v) is 12.2. The summed E-state index contributed by atoms with van der Waals surface area (Å²) in [5.41, 5.74) is -3.26. The molecular weight excluding hydrogens is 560 g/mol. The van der Waals surface area contributed by atoms with E-state index in [0.29, 0.717) is 44.9 Å². The summed E-state index contributed by atoms with van der Waals surface area (Å²) in [6.07, 6.45) is 2.04. The van der Waals surface area contributed by atoms with E-state index in [1.807, 2.05) is 0 Å². The van der Waals surface area contributed by atoms with Crippen molar-refractivity contribution in [3.05, 3.63) is 34.4 Å². The van der Waals surface area contributed by atoms with Crippen LogP contribution in [-0.4, -0.2) is 94.1 Å². The maximum Gasteiger partial charge on any atom is 0.335 e. The molecule has 0 aromatic carbocycles. The van der Waals surface area contributed by atoms with E-state index in [0.717, 1.165) is 25.4 Å². The number of ether oxygens (including phenoxy) is 3. The summed E-state index contributed by atoms with van der Waals surface area (Å²) in [5, 5.41) is 52.7. The third-order valence-electron chi connectivity index (χ3n) is 12.2. The first-order chi connectivity index (χ1) is 20.4. The normalized spacial score (nSPS) is 49.1. The molecule has 0 spiro atoms. The summed E-state index contributed by atoms with van der Waals surface area (Å²) in [6, 6.07) is 3.23. The van der Waals surface area contributed by atoms with E-state index >= 15 is 0 Å². The number of rotatable bonds is 5. The molecule has 1 aliphatic heterocycles. The maximum absolute atomic E-state index is 13.0. The molecule has 5 aliphatic rings. The first-order valence-electron chi connectivity index (χ1n) is 15.6. The highest BCUT2D eigenvalue weighted by molar-refractivity contribution is 5.64. The molecule has 6 rings (SSSR count). The Morgan fingerprint density at radius 3 is 2.35 bits per heavy atom. The second-order valence-electron chi connectivity index (χ2n) is 13.7. The molecule has 13 atom stereocenters. The van der Waals surface area contributed by atoms with Crippen molar-refractivity contribution in [1.82, 2.24) is 0 Å². The average Bonchev–Trinajstić information content (AvgIpc) is 3.28. The van der Waals surface area contributed by atoms with E-state index in [4.69, 9.17) is 23.7 Å². The second-order valence-corrected chi connectivity index (χ2v) is 13.7. The van der Waals surface area contributed by atoms with Gasteiger partial charge in [0.2, 0.25) is 0 Å². The van der Waals surface area contributed by atoms with Gasteiger partial charge in [0.25, 0.3) is 0 Å². The standard InChI is InChI=1S/C31H44O10.CH4O/c1-17-26(38-3)24(34)25(35)27(40-17)41-19-6-11-29(16-32)21-7-10-28(2)20(18-4-5-23(33)39-15-18)9-13-31(28,37)22(21)8-12-30(29,36)14-19;1-2/h4-5,15-17,19-22,24-27,34-37H,6-14H2,1-3H3;2H,1H3. The number of carbonyl (C=O) groups excluding carboxylic acids is 1. The highest BCUT2D eigenvalue weighted by atomic mass is 16.7. The molecule has 0 radical (unpaired) electrons. The van der Waals surface area contributed by atoms with Crippen molar-refractivity contribution in [3.8, 4) is 0 Å². The number of hydrogen-bond donors (Lipinski definition) is 5. The van der Waals surface area contributed by atoms with Gasteiger partial charge < -0.3 is 49.0 Å². The molecular formula is C32H48O11. The first kappa shape index (κ1) is 32.7. The largest absolute Gasteiger partial charge is 0.431 e. The van der Waals surface area contributed by atoms with Gasteiger partial charge in [0, 0.05) is 32.1 Å². The molecule has 2 heterocycles. The molecule has 1 aromatic rings. The summed E-state index contributed by atoms with van der Waals surface area (Å²) in [6.45, 7) is 3.87. The molecule has 5 fully saturated rings. The highest BCUT2D eigenvalue weighted by Crippen LogP contribution is 2.71. The van der Waals surface area contributed by atoms with Gasteiger partial charge in [-0.15, -0.1) is 0 Å². The Morgan fingerprint density at radius 1 is 0.977 bits per heavy atom. The molecule has 11 nitrogen and oxygen atoms in total. The van der Waals surface area contributed by atoms with E-state index in [9.17, 15) is 30.0 Å². The molecule has 5 N–H and O–H groups in total. The number of aliphatic hydroxyl groups excluding tert-OH is 3. The number of aldehydes is 1. The van der Waals surface area contributed by atoms with Gasteiger partial charge in [-0.1, -0.05) is 6.92 Å². The van der Waals surface area contributed by atoms with E-state index < -0.39 is 64.5 Å². The minimum atomic E-state index is -1.32. The average molecular weight is 609 g/mol. The molecule has 4 saturated carbocycles. The van der Waals surface area contributed by atoms with Gasteiger partial charge in [0.1, 0.15) is 24.6 Å². The number of fused-ring (bicyclic) bond motifs is 5. The SMILES string of the molecule is CO.COC1C(C)OC(OC2CCC3(C=O)C4CCC5(C)C(c6ccc(=O)oc6)CCC5(O)C4CCC3(O)C2)C(O)C1O. The molecule has 1 saturated heterocycles. The smallest absolute Gasteiger partial charge is 0.335 e. The van der Waals surface area contributed by atoms with Crippen LogP contribution in [0.3, 0.4) is 0 Å². The number of carbonyl (C=O) groups is 1. The summed E-state index contributed by atoms with van der Waals surface area (Å²) < 4.78 is 22.4. The molecule has 11 heteroatoms. The van der Waals surface area contributed by atoms with Crippen LogP contribution in [0.15, 0.2) is 27.6 Å². The van der Waals surface area contributed by atoms with E-state index in [2.05, 4.69) is 6.92 Å². The molecule has 13 unspecified atom stereocenters. The van der Waals surface area contributed by atoms with Crippen LogP contribution >= 0.6 is 0 Å². The molecule has 0 bridgehead atoms. The molecule has 242 valence electrons. The van der Waals surface area contributed by atoms with E-state index in [1.54, 1.807) is 13.0 Å². The van der Waals surface area contributed by atoms with Crippen LogP contribution in [0.1, 0.15) is 83.1 Å². The number of methoxy groups -OCH3 is 1. The van der Waals surface area contributed by atoms with Crippen molar-refractivity contribution in [1.29, 1.82) is 0 Å². The van der Waals surface area contributed by atoms with E-state index in [-0.39, 0.29) is 24.2 Å². The van der Waals surface area contributed by atoms with Crippen molar-refractivity contribution in [2.45, 2.75) is 126 Å². The van der Waals surface area contributed by atoms with Gasteiger partial charge in [0.15, 0.2) is 6.29 Å². The van der Waals surface area contributed by atoms with Crippen molar-refractivity contribution < 1.29 is 49.0 Å². The zero-order chi connectivity index (χ0) is 31.4. The fourth-order valence-corrected chi connectivity index (χ4v) is 9.99. The Morgan fingerprint density at radius 2 is 1.70 bits per heavy atom. The monoisotopic (exact) mass is 608 g/mol. The molecule has 4 aliphatic carbocycles. The summed E-state index contributed by atoms with van der Waals surface area (Å²) >= 11 is 0. The summed E-state index contributed by atoms with van der Waals surface area (Å²) in [4.78, 5) is 24.6. The molecule has 1 aromatic heterocycles. The Kier molecular flexibility index (Phi) is 9.05. The molecule has 43 heavy (non-hydrogen) atoms. The van der Waals surface area contributed by atoms with Crippen LogP contribution in [0.2, 0.25) is 0 Å².